The van der Waals surface area contributed by atoms with Gasteiger partial charge in [0.2, 0.25) is 0 Å². The molecule has 0 bridgehead atoms. The van der Waals surface area contributed by atoms with Crippen LogP contribution >= 0.6 is 11.6 Å². The van der Waals surface area contributed by atoms with Crippen molar-refractivity contribution in [2.75, 3.05) is 4.90 Å². The van der Waals surface area contributed by atoms with E-state index in [0.29, 0.717) is 27.3 Å². The molecule has 11 heteroatoms. The van der Waals surface area contributed by atoms with E-state index >= 15 is 0 Å². The fourth-order valence-electron chi connectivity index (χ4n) is 3.77. The Morgan fingerprint density at radius 3 is 2.27 bits per heavy atom. The maximum atomic E-state index is 13.4. The first kappa shape index (κ1) is 21.0. The molecule has 0 unspecified atom stereocenters. The first-order chi connectivity index (χ1) is 15.6. The highest BCUT2D eigenvalue weighted by atomic mass is 35.5. The van der Waals surface area contributed by atoms with Gasteiger partial charge in [-0.15, -0.1) is 13.2 Å². The van der Waals surface area contributed by atoms with Crippen molar-refractivity contribution in [2.24, 2.45) is 7.05 Å². The van der Waals surface area contributed by atoms with Crippen molar-refractivity contribution in [2.45, 2.75) is 6.36 Å². The summed E-state index contributed by atoms with van der Waals surface area (Å²) in [6.45, 7) is 0. The topological polar surface area (TPSA) is 77.3 Å². The second-order valence-corrected chi connectivity index (χ2v) is 7.65. The Morgan fingerprint density at radius 1 is 0.970 bits per heavy atom. The van der Waals surface area contributed by atoms with Gasteiger partial charge in [-0.25, -0.2) is 14.6 Å². The number of nitrogens with zero attached hydrogens (tertiary/aromatic N) is 4. The van der Waals surface area contributed by atoms with Crippen LogP contribution in [0, 0.1) is 0 Å². The normalized spacial score (nSPS) is 13.7. The van der Waals surface area contributed by atoms with Crippen molar-refractivity contribution in [3.8, 4) is 17.0 Å². The Hall–Kier alpha value is -3.92. The highest BCUT2D eigenvalue weighted by molar-refractivity contribution is 6.38. The number of pyridine rings is 1. The zero-order chi connectivity index (χ0) is 23.5. The van der Waals surface area contributed by atoms with Gasteiger partial charge < -0.3 is 4.74 Å². The summed E-state index contributed by atoms with van der Waals surface area (Å²) in [6, 6.07) is 11.3. The van der Waals surface area contributed by atoms with Crippen molar-refractivity contribution >= 4 is 40.1 Å². The maximum Gasteiger partial charge on any atom is 0.573 e. The quantitative estimate of drug-likeness (QED) is 0.393. The number of carbonyl (C=O) groups excluding carboxylic acids is 2. The van der Waals surface area contributed by atoms with Crippen molar-refractivity contribution in [3.05, 3.63) is 70.9 Å². The van der Waals surface area contributed by atoms with Crippen LogP contribution < -0.4 is 9.64 Å². The number of rotatable bonds is 3. The molecule has 7 nitrogen and oxygen atoms in total. The van der Waals surface area contributed by atoms with E-state index in [1.54, 1.807) is 31.3 Å². The molecule has 0 atom stereocenters. The molecule has 0 aliphatic carbocycles. The molecule has 0 spiro atoms. The lowest BCUT2D eigenvalue weighted by Crippen LogP contribution is -2.29. The number of halogens is 4. The summed E-state index contributed by atoms with van der Waals surface area (Å²) in [6.07, 6.45) is -3.56. The Balaban J connectivity index is 1.61. The van der Waals surface area contributed by atoms with Crippen LogP contribution in [0.5, 0.6) is 5.75 Å². The molecule has 2 amide bonds. The number of hydrogen-bond donors (Lipinski definition) is 0. The Bertz CT molecular complexity index is 1430. The number of ether oxygens (including phenoxy) is 1. The molecule has 0 N–H and O–H groups in total. The largest absolute Gasteiger partial charge is 0.573 e. The summed E-state index contributed by atoms with van der Waals surface area (Å²) in [5.74, 6) is -1.74. The van der Waals surface area contributed by atoms with Gasteiger partial charge in [-0.1, -0.05) is 23.7 Å². The zero-order valence-electron chi connectivity index (χ0n) is 16.7. The third-order valence-corrected chi connectivity index (χ3v) is 5.40. The van der Waals surface area contributed by atoms with Gasteiger partial charge in [0.05, 0.1) is 22.2 Å². The Labute approximate surface area is 189 Å². The average molecular weight is 473 g/mol. The molecule has 4 aromatic rings. The molecule has 0 fully saturated rings. The number of hydrogen-bond acceptors (Lipinski definition) is 5. The third kappa shape index (κ3) is 3.48. The van der Waals surface area contributed by atoms with Gasteiger partial charge in [0.25, 0.3) is 11.8 Å². The molecule has 2 aromatic heterocycles. The van der Waals surface area contributed by atoms with Crippen molar-refractivity contribution in [1.82, 2.24) is 14.8 Å². The van der Waals surface area contributed by atoms with E-state index in [-0.39, 0.29) is 16.8 Å². The predicted octanol–water partition coefficient (Wildman–Crippen LogP) is 4.99. The summed E-state index contributed by atoms with van der Waals surface area (Å²) in [7, 11) is 1.67. The summed E-state index contributed by atoms with van der Waals surface area (Å²) >= 11 is 5.98. The van der Waals surface area contributed by atoms with Gasteiger partial charge in [-0.2, -0.15) is 5.10 Å². The van der Waals surface area contributed by atoms with E-state index in [2.05, 4.69) is 14.8 Å². The van der Waals surface area contributed by atoms with Crippen LogP contribution in [0.2, 0.25) is 5.02 Å². The molecule has 0 radical (unpaired) electrons. The molecular weight excluding hydrogens is 461 g/mol. The summed E-state index contributed by atoms with van der Waals surface area (Å²) in [4.78, 5) is 31.7. The fourth-order valence-corrected chi connectivity index (χ4v) is 3.89. The van der Waals surface area contributed by atoms with Gasteiger partial charge in [0.15, 0.2) is 5.65 Å². The van der Waals surface area contributed by atoms with E-state index in [1.807, 2.05) is 0 Å². The van der Waals surface area contributed by atoms with Crippen LogP contribution in [0.25, 0.3) is 22.3 Å². The number of carbonyl (C=O) groups is 2. The van der Waals surface area contributed by atoms with Gasteiger partial charge in [0.1, 0.15) is 11.4 Å². The highest BCUT2D eigenvalue weighted by Crippen LogP contribution is 2.37. The number of benzene rings is 2. The second kappa shape index (κ2) is 7.31. The predicted molar refractivity (Wildman–Crippen MR) is 113 cm³/mol. The first-order valence-corrected chi connectivity index (χ1v) is 9.88. The molecule has 1 aliphatic heterocycles. The number of aromatic nitrogens is 3. The van der Waals surface area contributed by atoms with Crippen LogP contribution in [0.1, 0.15) is 20.7 Å². The van der Waals surface area contributed by atoms with Crippen molar-refractivity contribution in [3.63, 3.8) is 0 Å². The second-order valence-electron chi connectivity index (χ2n) is 7.21. The standard InChI is InChI=1S/C22H12ClF3N4O3/c1-29-19-17(18(28-29)11-2-4-12(23)5-3-11)16-15(10-27-19)20(31)30(21(16)32)13-6-8-14(9-7-13)33-22(24,25)26/h2-10H,1H3. The number of alkyl halides is 3. The van der Waals surface area contributed by atoms with Crippen molar-refractivity contribution in [1.29, 1.82) is 0 Å². The Kier molecular flexibility index (Phi) is 4.64. The first-order valence-electron chi connectivity index (χ1n) is 9.50. The highest BCUT2D eigenvalue weighted by Gasteiger charge is 2.40. The number of imide groups is 1. The minimum Gasteiger partial charge on any atom is -0.406 e. The molecule has 5 rings (SSSR count). The van der Waals surface area contributed by atoms with E-state index in [9.17, 15) is 22.8 Å². The average Bonchev–Trinajstić information content (AvgIpc) is 3.22. The van der Waals surface area contributed by atoms with Crippen LogP contribution in [0.15, 0.2) is 54.7 Å². The van der Waals surface area contributed by atoms with Gasteiger partial charge in [-0.05, 0) is 36.4 Å². The molecule has 1 aliphatic rings. The van der Waals surface area contributed by atoms with E-state index in [4.69, 9.17) is 11.6 Å². The van der Waals surface area contributed by atoms with Crippen molar-refractivity contribution < 1.29 is 27.5 Å². The maximum absolute atomic E-state index is 13.4. The number of aryl methyl sites for hydroxylation is 1. The molecule has 0 saturated heterocycles. The molecule has 0 saturated carbocycles. The van der Waals surface area contributed by atoms with Crippen LogP contribution in [0.3, 0.4) is 0 Å². The zero-order valence-corrected chi connectivity index (χ0v) is 17.5. The van der Waals surface area contributed by atoms with Crippen LogP contribution in [-0.4, -0.2) is 32.9 Å². The molecule has 3 heterocycles. The van der Waals surface area contributed by atoms with E-state index in [0.717, 1.165) is 17.0 Å². The van der Waals surface area contributed by atoms with Gasteiger partial charge in [-0.3, -0.25) is 9.59 Å². The SMILES string of the molecule is Cn1nc(-c2ccc(Cl)cc2)c2c3c(cnc21)C(=O)N(c1ccc(OC(F)(F)F)cc1)C3=O. The number of amides is 2. The minimum atomic E-state index is -4.85. The van der Waals surface area contributed by atoms with Gasteiger partial charge >= 0.3 is 6.36 Å². The summed E-state index contributed by atoms with van der Waals surface area (Å²) in [5.41, 5.74) is 1.82. The summed E-state index contributed by atoms with van der Waals surface area (Å²) < 4.78 is 42.7. The third-order valence-electron chi connectivity index (χ3n) is 5.15. The molecule has 2 aromatic carbocycles. The van der Waals surface area contributed by atoms with Crippen LogP contribution in [0.4, 0.5) is 18.9 Å². The Morgan fingerprint density at radius 2 is 1.64 bits per heavy atom. The monoisotopic (exact) mass is 472 g/mol. The van der Waals surface area contributed by atoms with Crippen LogP contribution in [-0.2, 0) is 7.05 Å². The lowest BCUT2D eigenvalue weighted by molar-refractivity contribution is -0.274. The summed E-state index contributed by atoms with van der Waals surface area (Å²) in [5, 5.41) is 5.40. The van der Waals surface area contributed by atoms with Gasteiger partial charge in [0, 0.05) is 23.8 Å². The lowest BCUT2D eigenvalue weighted by Gasteiger charge is -2.15. The number of anilines is 1. The molecular formula is C22H12ClF3N4O3. The van der Waals surface area contributed by atoms with E-state index < -0.39 is 23.9 Å². The smallest absolute Gasteiger partial charge is 0.406 e. The fraction of sp³-hybridized carbons (Fsp3) is 0.0909. The molecule has 166 valence electrons. The minimum absolute atomic E-state index is 0.0753. The molecule has 33 heavy (non-hydrogen) atoms. The van der Waals surface area contributed by atoms with E-state index in [1.165, 1.54) is 23.0 Å². The number of fused-ring (bicyclic) bond motifs is 3. The lowest BCUT2D eigenvalue weighted by atomic mass is 10.0.